The molecule has 0 bridgehead atoms. The highest BCUT2D eigenvalue weighted by Gasteiger charge is 2.18. The molecule has 0 spiro atoms. The molecule has 0 radical (unpaired) electrons. The predicted molar refractivity (Wildman–Crippen MR) is 119 cm³/mol. The molecule has 0 aliphatic carbocycles. The van der Waals surface area contributed by atoms with Crippen molar-refractivity contribution in [1.82, 2.24) is 9.88 Å². The molecule has 1 aliphatic rings. The van der Waals surface area contributed by atoms with Crippen LogP contribution in [0.2, 0.25) is 0 Å². The van der Waals surface area contributed by atoms with Crippen molar-refractivity contribution in [2.75, 3.05) is 42.9 Å². The van der Waals surface area contributed by atoms with Crippen LogP contribution in [0.15, 0.2) is 40.4 Å². The average molecular weight is 413 g/mol. The number of amides is 1. The van der Waals surface area contributed by atoms with E-state index in [0.717, 1.165) is 49.0 Å². The van der Waals surface area contributed by atoms with Gasteiger partial charge in [0, 0.05) is 53.9 Å². The number of thiophene rings is 1. The van der Waals surface area contributed by atoms with Crippen molar-refractivity contribution in [3.05, 3.63) is 51.7 Å². The van der Waals surface area contributed by atoms with E-state index in [1.165, 1.54) is 22.6 Å². The van der Waals surface area contributed by atoms with E-state index >= 15 is 0 Å². The standard InChI is InChI=1S/C21H24N4OS2/c1-3-24-7-9-25(10-8-24)19-5-4-17(12-15(19)2)22-20(26)18-14-28-21(23-18)16-6-11-27-13-16/h4-6,11-14H,3,7-10H2,1-2H3,(H,22,26). The summed E-state index contributed by atoms with van der Waals surface area (Å²) in [7, 11) is 0. The molecule has 3 aromatic rings. The van der Waals surface area contributed by atoms with Gasteiger partial charge in [0.25, 0.3) is 5.91 Å². The molecule has 1 fully saturated rings. The lowest BCUT2D eigenvalue weighted by Crippen LogP contribution is -2.46. The first-order valence-corrected chi connectivity index (χ1v) is 11.3. The monoisotopic (exact) mass is 412 g/mol. The second kappa shape index (κ2) is 8.43. The normalized spacial score (nSPS) is 15.0. The summed E-state index contributed by atoms with van der Waals surface area (Å²) in [5.74, 6) is -0.165. The third-order valence-electron chi connectivity index (χ3n) is 5.12. The molecule has 1 aliphatic heterocycles. The molecule has 1 amide bonds. The third kappa shape index (κ3) is 4.11. The number of carbonyl (C=O) groups is 1. The zero-order valence-electron chi connectivity index (χ0n) is 16.1. The van der Waals surface area contributed by atoms with Gasteiger partial charge in [0.05, 0.1) is 0 Å². The number of nitrogens with one attached hydrogen (secondary N) is 1. The maximum absolute atomic E-state index is 12.6. The fourth-order valence-corrected chi connectivity index (χ4v) is 5.00. The number of benzene rings is 1. The number of aromatic nitrogens is 1. The number of rotatable bonds is 5. The van der Waals surface area contributed by atoms with Crippen molar-refractivity contribution < 1.29 is 4.79 Å². The van der Waals surface area contributed by atoms with Gasteiger partial charge in [0.1, 0.15) is 10.7 Å². The Kier molecular flexibility index (Phi) is 5.75. The van der Waals surface area contributed by atoms with E-state index in [9.17, 15) is 4.79 Å². The van der Waals surface area contributed by atoms with Crippen LogP contribution in [0, 0.1) is 6.92 Å². The molecule has 5 nitrogen and oxygen atoms in total. The van der Waals surface area contributed by atoms with Crippen molar-refractivity contribution in [3.8, 4) is 10.6 Å². The van der Waals surface area contributed by atoms with E-state index in [-0.39, 0.29) is 5.91 Å². The first-order valence-electron chi connectivity index (χ1n) is 9.51. The Hall–Kier alpha value is -2.22. The summed E-state index contributed by atoms with van der Waals surface area (Å²) in [6.45, 7) is 9.73. The van der Waals surface area contributed by atoms with E-state index in [1.54, 1.807) is 11.3 Å². The van der Waals surface area contributed by atoms with Gasteiger partial charge in [-0.2, -0.15) is 11.3 Å². The molecule has 0 unspecified atom stereocenters. The van der Waals surface area contributed by atoms with E-state index in [2.05, 4.69) is 40.0 Å². The van der Waals surface area contributed by atoms with Crippen LogP contribution in [-0.2, 0) is 0 Å². The van der Waals surface area contributed by atoms with Crippen LogP contribution in [-0.4, -0.2) is 48.5 Å². The molecule has 1 aromatic carbocycles. The van der Waals surface area contributed by atoms with Gasteiger partial charge in [0.15, 0.2) is 0 Å². The minimum absolute atomic E-state index is 0.165. The molecular weight excluding hydrogens is 388 g/mol. The first-order chi connectivity index (χ1) is 13.6. The Labute approximate surface area is 173 Å². The number of anilines is 2. The van der Waals surface area contributed by atoms with Crippen LogP contribution in [0.1, 0.15) is 23.0 Å². The first kappa shape index (κ1) is 19.1. The van der Waals surface area contributed by atoms with Gasteiger partial charge in [-0.05, 0) is 48.7 Å². The quantitative estimate of drug-likeness (QED) is 0.667. The zero-order chi connectivity index (χ0) is 19.5. The Morgan fingerprint density at radius 2 is 2.00 bits per heavy atom. The summed E-state index contributed by atoms with van der Waals surface area (Å²) in [5, 5.41) is 9.74. The lowest BCUT2D eigenvalue weighted by molar-refractivity contribution is 0.102. The summed E-state index contributed by atoms with van der Waals surface area (Å²) < 4.78 is 0. The summed E-state index contributed by atoms with van der Waals surface area (Å²) in [6, 6.07) is 8.17. The number of nitrogens with zero attached hydrogens (tertiary/aromatic N) is 3. The highest BCUT2D eigenvalue weighted by molar-refractivity contribution is 7.14. The van der Waals surface area contributed by atoms with Crippen molar-refractivity contribution in [3.63, 3.8) is 0 Å². The molecule has 3 heterocycles. The van der Waals surface area contributed by atoms with Gasteiger partial charge in [-0.3, -0.25) is 4.79 Å². The van der Waals surface area contributed by atoms with Crippen molar-refractivity contribution in [2.45, 2.75) is 13.8 Å². The largest absolute Gasteiger partial charge is 0.369 e. The van der Waals surface area contributed by atoms with Gasteiger partial charge in [-0.15, -0.1) is 11.3 Å². The van der Waals surface area contributed by atoms with Crippen LogP contribution in [0.25, 0.3) is 10.6 Å². The molecule has 7 heteroatoms. The van der Waals surface area contributed by atoms with Crippen molar-refractivity contribution in [1.29, 1.82) is 0 Å². The minimum atomic E-state index is -0.165. The number of hydrogen-bond donors (Lipinski definition) is 1. The number of thiazole rings is 1. The van der Waals surface area contributed by atoms with Crippen LogP contribution >= 0.6 is 22.7 Å². The maximum Gasteiger partial charge on any atom is 0.275 e. The lowest BCUT2D eigenvalue weighted by Gasteiger charge is -2.36. The van der Waals surface area contributed by atoms with Crippen molar-refractivity contribution in [2.24, 2.45) is 0 Å². The Morgan fingerprint density at radius 3 is 2.68 bits per heavy atom. The topological polar surface area (TPSA) is 48.5 Å². The Bertz CT molecular complexity index is 943. The van der Waals surface area contributed by atoms with E-state index in [4.69, 9.17) is 0 Å². The number of piperazine rings is 1. The van der Waals surface area contributed by atoms with Gasteiger partial charge >= 0.3 is 0 Å². The summed E-state index contributed by atoms with van der Waals surface area (Å²) in [4.78, 5) is 22.0. The summed E-state index contributed by atoms with van der Waals surface area (Å²) in [5.41, 5.74) is 4.77. The fraction of sp³-hybridized carbons (Fsp3) is 0.333. The average Bonchev–Trinajstić information content (AvgIpc) is 3.40. The molecule has 4 rings (SSSR count). The van der Waals surface area contributed by atoms with Crippen LogP contribution in [0.4, 0.5) is 11.4 Å². The number of likely N-dealkylation sites (N-methyl/N-ethyl adjacent to an activating group) is 1. The fourth-order valence-electron chi connectivity index (χ4n) is 3.48. The van der Waals surface area contributed by atoms with Gasteiger partial charge in [0.2, 0.25) is 0 Å². The summed E-state index contributed by atoms with van der Waals surface area (Å²) >= 11 is 3.13. The highest BCUT2D eigenvalue weighted by Crippen LogP contribution is 2.27. The smallest absolute Gasteiger partial charge is 0.275 e. The third-order valence-corrected chi connectivity index (χ3v) is 6.69. The van der Waals surface area contributed by atoms with Crippen LogP contribution in [0.5, 0.6) is 0 Å². The molecule has 28 heavy (non-hydrogen) atoms. The predicted octanol–water partition coefficient (Wildman–Crippen LogP) is 4.57. The molecule has 0 atom stereocenters. The van der Waals surface area contributed by atoms with Gasteiger partial charge < -0.3 is 15.1 Å². The molecule has 0 saturated carbocycles. The van der Waals surface area contributed by atoms with E-state index < -0.39 is 0 Å². The summed E-state index contributed by atoms with van der Waals surface area (Å²) in [6.07, 6.45) is 0. The SMILES string of the molecule is CCN1CCN(c2ccc(NC(=O)c3csc(-c4ccsc4)n3)cc2C)CC1. The lowest BCUT2D eigenvalue weighted by atomic mass is 10.1. The second-order valence-electron chi connectivity index (χ2n) is 6.93. The van der Waals surface area contributed by atoms with E-state index in [1.807, 2.05) is 34.3 Å². The molecule has 1 N–H and O–H groups in total. The number of carbonyl (C=O) groups excluding carboxylic acids is 1. The molecular formula is C21H24N4OS2. The van der Waals surface area contributed by atoms with E-state index in [0.29, 0.717) is 5.69 Å². The second-order valence-corrected chi connectivity index (χ2v) is 8.56. The highest BCUT2D eigenvalue weighted by atomic mass is 32.1. The minimum Gasteiger partial charge on any atom is -0.369 e. The number of aryl methyl sites for hydroxylation is 1. The van der Waals surface area contributed by atoms with Crippen LogP contribution < -0.4 is 10.2 Å². The van der Waals surface area contributed by atoms with Crippen LogP contribution in [0.3, 0.4) is 0 Å². The molecule has 2 aromatic heterocycles. The number of hydrogen-bond acceptors (Lipinski definition) is 6. The maximum atomic E-state index is 12.6. The molecule has 1 saturated heterocycles. The van der Waals surface area contributed by atoms with Gasteiger partial charge in [-0.1, -0.05) is 6.92 Å². The van der Waals surface area contributed by atoms with Crippen molar-refractivity contribution >= 4 is 40.0 Å². The Balaban J connectivity index is 1.43. The van der Waals surface area contributed by atoms with Gasteiger partial charge in [-0.25, -0.2) is 4.98 Å². The zero-order valence-corrected chi connectivity index (χ0v) is 17.8. The molecule has 146 valence electrons. The Morgan fingerprint density at radius 1 is 1.18 bits per heavy atom.